The van der Waals surface area contributed by atoms with E-state index in [1.807, 2.05) is 60.7 Å². The van der Waals surface area contributed by atoms with Crippen LogP contribution < -0.4 is 0 Å². The third-order valence-electron chi connectivity index (χ3n) is 11.1. The molecule has 4 aromatic heterocycles. The number of hydrogen-bond donors (Lipinski definition) is 0. The van der Waals surface area contributed by atoms with Crippen molar-refractivity contribution in [2.24, 2.45) is 0 Å². The molecule has 266 valence electrons. The largest absolute Gasteiger partial charge is 0.456 e. The van der Waals surface area contributed by atoms with E-state index in [-0.39, 0.29) is 0 Å². The lowest BCUT2D eigenvalue weighted by Gasteiger charge is -2.09. The number of nitrogens with zero attached hydrogens (tertiary/aromatic N) is 4. The number of aromatic nitrogens is 4. The number of rotatable bonds is 5. The van der Waals surface area contributed by atoms with E-state index in [1.54, 1.807) is 11.3 Å². The Morgan fingerprint density at radius 2 is 0.895 bits per heavy atom. The molecule has 6 heteroatoms. The first-order valence-electron chi connectivity index (χ1n) is 19.0. The minimum absolute atomic E-state index is 0.649. The maximum Gasteiger partial charge on any atom is 0.164 e. The predicted molar refractivity (Wildman–Crippen MR) is 236 cm³/mol. The summed E-state index contributed by atoms with van der Waals surface area (Å²) in [7, 11) is 0. The van der Waals surface area contributed by atoms with E-state index in [4.69, 9.17) is 19.4 Å². The molecule has 0 aliphatic rings. The molecule has 12 rings (SSSR count). The van der Waals surface area contributed by atoms with E-state index in [0.29, 0.717) is 17.5 Å². The maximum atomic E-state index is 6.64. The summed E-state index contributed by atoms with van der Waals surface area (Å²) in [5.74, 6) is 1.95. The normalized spacial score (nSPS) is 11.9. The Morgan fingerprint density at radius 1 is 0.368 bits per heavy atom. The fourth-order valence-electron chi connectivity index (χ4n) is 8.39. The van der Waals surface area contributed by atoms with Crippen molar-refractivity contribution in [1.29, 1.82) is 0 Å². The lowest BCUT2D eigenvalue weighted by molar-refractivity contribution is 0.669. The summed E-state index contributed by atoms with van der Waals surface area (Å²) < 4.78 is 11.5. The van der Waals surface area contributed by atoms with Gasteiger partial charge in [0.05, 0.1) is 22.1 Å². The Labute approximate surface area is 330 Å². The van der Waals surface area contributed by atoms with Crippen molar-refractivity contribution in [3.05, 3.63) is 182 Å². The van der Waals surface area contributed by atoms with Gasteiger partial charge in [0.2, 0.25) is 0 Å². The standard InChI is InChI=1S/C51H30N4OS/c1-3-12-31(13-4-1)49-52-50(32-14-5-2-6-15-32)54-51(53-49)35-24-27-47-40(29-35)39-28-33(23-26-46(39)57-47)34-22-25-38-45(30-34)56-44-21-11-20-43(48(38)44)55-41-18-9-7-16-36(41)37-17-8-10-19-42(37)55/h1-30H. The molecule has 0 unspecified atom stereocenters. The molecule has 0 amide bonds. The van der Waals surface area contributed by atoms with Crippen molar-refractivity contribution in [1.82, 2.24) is 19.5 Å². The van der Waals surface area contributed by atoms with Crippen LogP contribution in [-0.4, -0.2) is 19.5 Å². The molecule has 12 aromatic rings. The van der Waals surface area contributed by atoms with Gasteiger partial charge in [-0.25, -0.2) is 15.0 Å². The van der Waals surface area contributed by atoms with Crippen LogP contribution in [0, 0.1) is 0 Å². The molecular weight excluding hydrogens is 717 g/mol. The average molecular weight is 747 g/mol. The Balaban J connectivity index is 0.978. The van der Waals surface area contributed by atoms with Gasteiger partial charge in [0.1, 0.15) is 11.2 Å². The van der Waals surface area contributed by atoms with Gasteiger partial charge in [-0.1, -0.05) is 115 Å². The minimum atomic E-state index is 0.649. The quantitative estimate of drug-likeness (QED) is 0.176. The lowest BCUT2D eigenvalue weighted by atomic mass is 10.0. The van der Waals surface area contributed by atoms with Crippen molar-refractivity contribution in [2.45, 2.75) is 0 Å². The number of thiophene rings is 1. The summed E-state index contributed by atoms with van der Waals surface area (Å²) in [5, 5.41) is 7.07. The molecule has 0 fully saturated rings. The zero-order valence-electron chi connectivity index (χ0n) is 30.4. The zero-order valence-corrected chi connectivity index (χ0v) is 31.2. The van der Waals surface area contributed by atoms with Crippen LogP contribution >= 0.6 is 11.3 Å². The van der Waals surface area contributed by atoms with Crippen LogP contribution in [0.1, 0.15) is 0 Å². The van der Waals surface area contributed by atoms with Crippen LogP contribution in [0.4, 0.5) is 0 Å². The number of para-hydroxylation sites is 2. The predicted octanol–water partition coefficient (Wildman–Crippen LogP) is 13.9. The third-order valence-corrected chi connectivity index (χ3v) is 12.2. The Kier molecular flexibility index (Phi) is 7.03. The fraction of sp³-hybridized carbons (Fsp3) is 0. The minimum Gasteiger partial charge on any atom is -0.456 e. The number of benzene rings is 8. The molecule has 0 spiro atoms. The highest BCUT2D eigenvalue weighted by Gasteiger charge is 2.19. The van der Waals surface area contributed by atoms with Gasteiger partial charge in [-0.2, -0.15) is 0 Å². The highest BCUT2D eigenvalue weighted by molar-refractivity contribution is 7.25. The molecule has 0 atom stereocenters. The molecule has 57 heavy (non-hydrogen) atoms. The summed E-state index contributed by atoms with van der Waals surface area (Å²) >= 11 is 1.80. The first kappa shape index (κ1) is 31.9. The molecular formula is C51H30N4OS. The highest BCUT2D eigenvalue weighted by atomic mass is 32.1. The number of fused-ring (bicyclic) bond motifs is 9. The molecule has 0 bridgehead atoms. The summed E-state index contributed by atoms with van der Waals surface area (Å²) in [4.78, 5) is 14.9. The van der Waals surface area contributed by atoms with Crippen molar-refractivity contribution >= 4 is 75.3 Å². The Bertz CT molecular complexity index is 3420. The first-order valence-corrected chi connectivity index (χ1v) is 19.8. The Morgan fingerprint density at radius 3 is 1.54 bits per heavy atom. The van der Waals surface area contributed by atoms with Gasteiger partial charge in [0, 0.05) is 53.0 Å². The van der Waals surface area contributed by atoms with Crippen LogP contribution in [0.25, 0.3) is 115 Å². The smallest absolute Gasteiger partial charge is 0.164 e. The van der Waals surface area contributed by atoms with Crippen LogP contribution in [0.5, 0.6) is 0 Å². The third kappa shape index (κ3) is 5.12. The molecule has 0 N–H and O–H groups in total. The van der Waals surface area contributed by atoms with Gasteiger partial charge in [0.15, 0.2) is 17.5 Å². The topological polar surface area (TPSA) is 56.7 Å². The molecule has 5 nitrogen and oxygen atoms in total. The molecule has 0 aliphatic carbocycles. The van der Waals surface area contributed by atoms with E-state index in [0.717, 1.165) is 55.4 Å². The van der Waals surface area contributed by atoms with E-state index in [1.165, 1.54) is 42.0 Å². The number of hydrogen-bond acceptors (Lipinski definition) is 5. The Hall–Kier alpha value is -7.41. The van der Waals surface area contributed by atoms with Gasteiger partial charge >= 0.3 is 0 Å². The van der Waals surface area contributed by atoms with Gasteiger partial charge < -0.3 is 8.98 Å². The van der Waals surface area contributed by atoms with E-state index in [9.17, 15) is 0 Å². The lowest BCUT2D eigenvalue weighted by Crippen LogP contribution is -2.00. The van der Waals surface area contributed by atoms with Crippen molar-refractivity contribution < 1.29 is 4.42 Å². The second-order valence-corrected chi connectivity index (χ2v) is 15.5. The maximum absolute atomic E-state index is 6.64. The second kappa shape index (κ2) is 12.6. The molecule has 0 radical (unpaired) electrons. The monoisotopic (exact) mass is 746 g/mol. The van der Waals surface area contributed by atoms with Gasteiger partial charge in [0.25, 0.3) is 0 Å². The SMILES string of the molecule is c1ccc(-c2nc(-c3ccccc3)nc(-c3ccc4sc5ccc(-c6ccc7c(c6)oc6cccc(-n8c9ccccc9c9ccccc98)c67)cc5c4c3)n2)cc1. The molecule has 0 saturated carbocycles. The highest BCUT2D eigenvalue weighted by Crippen LogP contribution is 2.42. The van der Waals surface area contributed by atoms with Crippen LogP contribution in [0.3, 0.4) is 0 Å². The summed E-state index contributed by atoms with van der Waals surface area (Å²) in [5.41, 5.74) is 10.3. The van der Waals surface area contributed by atoms with Crippen molar-refractivity contribution in [3.63, 3.8) is 0 Å². The van der Waals surface area contributed by atoms with Crippen LogP contribution in [-0.2, 0) is 0 Å². The molecule has 0 saturated heterocycles. The van der Waals surface area contributed by atoms with Gasteiger partial charge in [-0.3, -0.25) is 0 Å². The van der Waals surface area contributed by atoms with Gasteiger partial charge in [-0.15, -0.1) is 11.3 Å². The average Bonchev–Trinajstić information content (AvgIpc) is 3.95. The molecule has 8 aromatic carbocycles. The fourth-order valence-corrected chi connectivity index (χ4v) is 9.46. The first-order chi connectivity index (χ1) is 28.2. The van der Waals surface area contributed by atoms with E-state index < -0.39 is 0 Å². The van der Waals surface area contributed by atoms with Crippen molar-refractivity contribution in [2.75, 3.05) is 0 Å². The van der Waals surface area contributed by atoms with Crippen LogP contribution in [0.2, 0.25) is 0 Å². The van der Waals surface area contributed by atoms with Gasteiger partial charge in [-0.05, 0) is 77.9 Å². The summed E-state index contributed by atoms with van der Waals surface area (Å²) in [6.07, 6.45) is 0. The van der Waals surface area contributed by atoms with E-state index >= 15 is 0 Å². The zero-order chi connectivity index (χ0) is 37.5. The molecule has 0 aliphatic heterocycles. The summed E-state index contributed by atoms with van der Waals surface area (Å²) in [6, 6.07) is 63.8. The van der Waals surface area contributed by atoms with E-state index in [2.05, 4.69) is 126 Å². The van der Waals surface area contributed by atoms with Crippen LogP contribution in [0.15, 0.2) is 186 Å². The summed E-state index contributed by atoms with van der Waals surface area (Å²) in [6.45, 7) is 0. The second-order valence-electron chi connectivity index (χ2n) is 14.4. The van der Waals surface area contributed by atoms with Crippen molar-refractivity contribution in [3.8, 4) is 51.0 Å². The number of furan rings is 1. The molecule has 4 heterocycles.